The molecule has 2 saturated heterocycles. The van der Waals surface area contributed by atoms with Gasteiger partial charge in [-0.2, -0.15) is 0 Å². The monoisotopic (exact) mass is 238 g/mol. The van der Waals surface area contributed by atoms with Crippen LogP contribution < -0.4 is 5.32 Å². The molecule has 1 atom stereocenters. The standard InChI is InChI=1S/C13H22N2O2/c1-3-11-16-13(5-1)17-12-4-2-8-15-9-6-14-7-10-15/h13-14H,1,3,5-12H2. The van der Waals surface area contributed by atoms with Gasteiger partial charge in [0, 0.05) is 32.8 Å². The molecule has 4 nitrogen and oxygen atoms in total. The van der Waals surface area contributed by atoms with Gasteiger partial charge in [-0.05, 0) is 19.3 Å². The van der Waals surface area contributed by atoms with Crippen LogP contribution in [0.15, 0.2) is 0 Å². The van der Waals surface area contributed by atoms with Crippen LogP contribution >= 0.6 is 0 Å². The quantitative estimate of drug-likeness (QED) is 0.723. The molecule has 2 aliphatic heterocycles. The van der Waals surface area contributed by atoms with Crippen molar-refractivity contribution in [1.29, 1.82) is 0 Å². The Morgan fingerprint density at radius 3 is 2.88 bits per heavy atom. The van der Waals surface area contributed by atoms with Gasteiger partial charge < -0.3 is 14.8 Å². The van der Waals surface area contributed by atoms with Gasteiger partial charge >= 0.3 is 0 Å². The van der Waals surface area contributed by atoms with Crippen molar-refractivity contribution >= 4 is 0 Å². The van der Waals surface area contributed by atoms with Crippen LogP contribution in [0, 0.1) is 11.8 Å². The van der Waals surface area contributed by atoms with E-state index in [0.29, 0.717) is 6.61 Å². The van der Waals surface area contributed by atoms with Gasteiger partial charge in [-0.25, -0.2) is 0 Å². The van der Waals surface area contributed by atoms with Crippen LogP contribution in [0.25, 0.3) is 0 Å². The molecular formula is C13H22N2O2. The summed E-state index contributed by atoms with van der Waals surface area (Å²) in [6.07, 6.45) is 3.37. The maximum Gasteiger partial charge on any atom is 0.158 e. The molecule has 0 aromatic rings. The van der Waals surface area contributed by atoms with E-state index in [-0.39, 0.29) is 6.29 Å². The van der Waals surface area contributed by atoms with Crippen molar-refractivity contribution < 1.29 is 9.47 Å². The smallest absolute Gasteiger partial charge is 0.158 e. The summed E-state index contributed by atoms with van der Waals surface area (Å²) in [5, 5.41) is 3.33. The van der Waals surface area contributed by atoms with Crippen LogP contribution in [0.5, 0.6) is 0 Å². The molecular weight excluding hydrogens is 216 g/mol. The van der Waals surface area contributed by atoms with E-state index >= 15 is 0 Å². The Morgan fingerprint density at radius 1 is 1.24 bits per heavy atom. The van der Waals surface area contributed by atoms with Crippen LogP contribution in [0.3, 0.4) is 0 Å². The maximum atomic E-state index is 5.55. The third-order valence-electron chi connectivity index (χ3n) is 3.12. The predicted octanol–water partition coefficient (Wildman–Crippen LogP) is 0.438. The second kappa shape index (κ2) is 7.67. The summed E-state index contributed by atoms with van der Waals surface area (Å²) < 4.78 is 11.0. The lowest BCUT2D eigenvalue weighted by molar-refractivity contribution is -0.154. The highest BCUT2D eigenvalue weighted by Gasteiger charge is 2.12. The number of ether oxygens (including phenoxy) is 2. The number of nitrogens with one attached hydrogen (secondary N) is 1. The van der Waals surface area contributed by atoms with Gasteiger partial charge in [-0.3, -0.25) is 4.90 Å². The molecule has 1 unspecified atom stereocenters. The van der Waals surface area contributed by atoms with E-state index in [1.807, 2.05) is 0 Å². The Balaban J connectivity index is 1.54. The minimum atomic E-state index is -0.0164. The molecule has 0 spiro atoms. The van der Waals surface area contributed by atoms with Crippen molar-refractivity contribution in [1.82, 2.24) is 10.2 Å². The topological polar surface area (TPSA) is 33.7 Å². The Hall–Kier alpha value is -0.600. The van der Waals surface area contributed by atoms with Crippen molar-refractivity contribution in [3.63, 3.8) is 0 Å². The minimum Gasteiger partial charge on any atom is -0.353 e. The zero-order chi connectivity index (χ0) is 11.8. The van der Waals surface area contributed by atoms with Gasteiger partial charge in [-0.15, -0.1) is 0 Å². The second-order valence-corrected chi connectivity index (χ2v) is 4.49. The lowest BCUT2D eigenvalue weighted by Crippen LogP contribution is -2.43. The average Bonchev–Trinajstić information content (AvgIpc) is 2.41. The molecule has 17 heavy (non-hydrogen) atoms. The van der Waals surface area contributed by atoms with Gasteiger partial charge in [0.05, 0.1) is 6.54 Å². The van der Waals surface area contributed by atoms with Crippen molar-refractivity contribution in [2.75, 3.05) is 45.9 Å². The molecule has 4 heteroatoms. The first kappa shape index (κ1) is 12.8. The molecule has 2 heterocycles. The van der Waals surface area contributed by atoms with Crippen molar-refractivity contribution in [2.24, 2.45) is 0 Å². The Kier molecular flexibility index (Phi) is 5.80. The van der Waals surface area contributed by atoms with E-state index in [1.54, 1.807) is 0 Å². The summed E-state index contributed by atoms with van der Waals surface area (Å²) in [4.78, 5) is 2.36. The van der Waals surface area contributed by atoms with Crippen molar-refractivity contribution in [3.05, 3.63) is 0 Å². The molecule has 2 rings (SSSR count). The normalized spacial score (nSPS) is 26.2. The Morgan fingerprint density at radius 2 is 2.12 bits per heavy atom. The third-order valence-corrected chi connectivity index (χ3v) is 3.12. The minimum absolute atomic E-state index is 0.0164. The zero-order valence-electron chi connectivity index (χ0n) is 10.4. The summed E-state index contributed by atoms with van der Waals surface area (Å²) in [6.45, 7) is 6.54. The molecule has 0 saturated carbocycles. The SMILES string of the molecule is C(#CCN1CCNCC1)COC1CCCCO1. The zero-order valence-corrected chi connectivity index (χ0v) is 10.4. The van der Waals surface area contributed by atoms with Crippen LogP contribution in [0.1, 0.15) is 19.3 Å². The summed E-state index contributed by atoms with van der Waals surface area (Å²) in [5.74, 6) is 6.23. The van der Waals surface area contributed by atoms with Gasteiger partial charge in [0.1, 0.15) is 6.61 Å². The Bertz CT molecular complexity index is 260. The second-order valence-electron chi connectivity index (χ2n) is 4.49. The first-order chi connectivity index (χ1) is 8.45. The van der Waals surface area contributed by atoms with E-state index in [1.165, 1.54) is 6.42 Å². The first-order valence-corrected chi connectivity index (χ1v) is 6.57. The highest BCUT2D eigenvalue weighted by atomic mass is 16.7. The molecule has 2 aliphatic rings. The molecule has 0 aliphatic carbocycles. The number of hydrogen-bond acceptors (Lipinski definition) is 4. The van der Waals surface area contributed by atoms with Crippen LogP contribution in [0.4, 0.5) is 0 Å². The van der Waals surface area contributed by atoms with Gasteiger partial charge in [0.2, 0.25) is 0 Å². The lowest BCUT2D eigenvalue weighted by Gasteiger charge is -2.24. The fraction of sp³-hybridized carbons (Fsp3) is 0.846. The highest BCUT2D eigenvalue weighted by Crippen LogP contribution is 2.12. The van der Waals surface area contributed by atoms with Crippen LogP contribution in [-0.2, 0) is 9.47 Å². The molecule has 0 aromatic carbocycles. The third kappa shape index (κ3) is 5.05. The molecule has 1 N–H and O–H groups in total. The Labute approximate surface area is 104 Å². The van der Waals surface area contributed by atoms with E-state index in [4.69, 9.17) is 9.47 Å². The van der Waals surface area contributed by atoms with Crippen molar-refractivity contribution in [3.8, 4) is 11.8 Å². The largest absolute Gasteiger partial charge is 0.353 e. The summed E-state index contributed by atoms with van der Waals surface area (Å²) >= 11 is 0. The molecule has 0 bridgehead atoms. The molecule has 0 radical (unpaired) electrons. The van der Waals surface area contributed by atoms with Crippen molar-refractivity contribution in [2.45, 2.75) is 25.6 Å². The van der Waals surface area contributed by atoms with Crippen LogP contribution in [0.2, 0.25) is 0 Å². The summed E-state index contributed by atoms with van der Waals surface area (Å²) in [7, 11) is 0. The van der Waals surface area contributed by atoms with E-state index in [9.17, 15) is 0 Å². The van der Waals surface area contributed by atoms with Gasteiger partial charge in [-0.1, -0.05) is 11.8 Å². The van der Waals surface area contributed by atoms with E-state index in [0.717, 1.165) is 52.2 Å². The number of piperazine rings is 1. The summed E-state index contributed by atoms with van der Waals surface area (Å²) in [5.41, 5.74) is 0. The van der Waals surface area contributed by atoms with E-state index in [2.05, 4.69) is 22.1 Å². The molecule has 0 amide bonds. The van der Waals surface area contributed by atoms with Gasteiger partial charge in [0.25, 0.3) is 0 Å². The number of rotatable bonds is 3. The lowest BCUT2D eigenvalue weighted by atomic mass is 10.2. The fourth-order valence-electron chi connectivity index (χ4n) is 2.07. The van der Waals surface area contributed by atoms with E-state index < -0.39 is 0 Å². The van der Waals surface area contributed by atoms with Gasteiger partial charge in [0.15, 0.2) is 6.29 Å². The first-order valence-electron chi connectivity index (χ1n) is 6.57. The highest BCUT2D eigenvalue weighted by molar-refractivity contribution is 5.01. The summed E-state index contributed by atoms with van der Waals surface area (Å²) in [6, 6.07) is 0. The fourth-order valence-corrected chi connectivity index (χ4v) is 2.07. The predicted molar refractivity (Wildman–Crippen MR) is 66.6 cm³/mol. The average molecular weight is 238 g/mol. The number of nitrogens with zero attached hydrogens (tertiary/aromatic N) is 1. The number of hydrogen-bond donors (Lipinski definition) is 1. The maximum absolute atomic E-state index is 5.55. The molecule has 96 valence electrons. The molecule has 0 aromatic heterocycles. The van der Waals surface area contributed by atoms with Crippen LogP contribution in [-0.4, -0.2) is 57.1 Å². The molecule has 2 fully saturated rings.